The molecule has 0 aromatic rings. The molecule has 0 radical (unpaired) electrons. The Morgan fingerprint density at radius 1 is 0.610 bits per heavy atom. The Kier molecular flexibility index (Phi) is 40.3. The fourth-order valence-corrected chi connectivity index (χ4v) is 7.40. The topological polar surface area (TPSA) is 108 Å². The van der Waals surface area contributed by atoms with Gasteiger partial charge in [-0.15, -0.1) is 0 Å². The van der Waals surface area contributed by atoms with Gasteiger partial charge in [0.15, 0.2) is 0 Å². The molecule has 0 aromatic carbocycles. The van der Waals surface area contributed by atoms with E-state index >= 15 is 0 Å². The summed E-state index contributed by atoms with van der Waals surface area (Å²) in [7, 11) is 1.25. The van der Waals surface area contributed by atoms with E-state index < -0.39 is 20.0 Å². The van der Waals surface area contributed by atoms with Gasteiger partial charge in [-0.3, -0.25) is 9.36 Å². The highest BCUT2D eigenvalue weighted by Gasteiger charge is 2.23. The molecule has 9 heteroatoms. The van der Waals surface area contributed by atoms with E-state index in [4.69, 9.17) is 9.05 Å². The third-order valence-corrected chi connectivity index (χ3v) is 11.4. The minimum absolute atomic E-state index is 0.00498. The van der Waals surface area contributed by atoms with Crippen LogP contribution in [0.25, 0.3) is 0 Å². The lowest BCUT2D eigenvalue weighted by molar-refractivity contribution is -0.870. The van der Waals surface area contributed by atoms with Gasteiger partial charge in [0.25, 0.3) is 7.82 Å². The predicted molar refractivity (Wildman–Crippen MR) is 251 cm³/mol. The molecule has 3 atom stereocenters. The fourth-order valence-electron chi connectivity index (χ4n) is 6.67. The number of rotatable bonds is 43. The molecule has 0 aromatic heterocycles. The number of phosphoric ester groups is 1. The maximum Gasteiger partial charge on any atom is 0.268 e. The molecule has 0 spiro atoms. The van der Waals surface area contributed by atoms with Crippen LogP contribution < -0.4 is 10.2 Å². The zero-order valence-electron chi connectivity index (χ0n) is 38.9. The lowest BCUT2D eigenvalue weighted by atomic mass is 10.0. The highest BCUT2D eigenvalue weighted by Crippen LogP contribution is 2.38. The predicted octanol–water partition coefficient (Wildman–Crippen LogP) is 13.2. The van der Waals surface area contributed by atoms with Crippen molar-refractivity contribution in [2.45, 2.75) is 212 Å². The molecule has 0 saturated heterocycles. The Balaban J connectivity index is 4.37. The number of aliphatic hydroxyl groups is 1. The maximum absolute atomic E-state index is 12.9. The summed E-state index contributed by atoms with van der Waals surface area (Å²) in [5.41, 5.74) is 0. The van der Waals surface area contributed by atoms with Crippen molar-refractivity contribution in [3.63, 3.8) is 0 Å². The first-order chi connectivity index (χ1) is 28.5. The van der Waals surface area contributed by atoms with Gasteiger partial charge in [-0.25, -0.2) is 0 Å². The highest BCUT2D eigenvalue weighted by atomic mass is 31.2. The van der Waals surface area contributed by atoms with Gasteiger partial charge in [-0.05, 0) is 57.8 Å². The fraction of sp³-hybridized carbons (Fsp3) is 0.780. The first kappa shape index (κ1) is 57.2. The van der Waals surface area contributed by atoms with Crippen molar-refractivity contribution < 1.29 is 32.9 Å². The van der Waals surface area contributed by atoms with Gasteiger partial charge in [-0.2, -0.15) is 0 Å². The Hall–Kier alpha value is -1.80. The van der Waals surface area contributed by atoms with E-state index in [1.165, 1.54) is 103 Å². The van der Waals surface area contributed by atoms with Crippen LogP contribution in [0.4, 0.5) is 0 Å². The largest absolute Gasteiger partial charge is 0.756 e. The van der Waals surface area contributed by atoms with Crippen LogP contribution in [0.2, 0.25) is 0 Å². The minimum Gasteiger partial charge on any atom is -0.756 e. The second-order valence-electron chi connectivity index (χ2n) is 17.4. The molecule has 8 nitrogen and oxygen atoms in total. The van der Waals surface area contributed by atoms with Crippen molar-refractivity contribution in [1.82, 2.24) is 5.32 Å². The summed E-state index contributed by atoms with van der Waals surface area (Å²) in [6.07, 6.45) is 54.0. The standard InChI is InChI=1S/C50H93N2O6P/c1-6-8-10-12-14-16-18-20-22-24-25-26-27-28-30-32-34-36-38-40-42-44-50(54)51-48(47-58-59(55,56)57-46-45-52(3,4)5)49(53)43-41-39-37-35-33-31-29-23-21-19-17-15-13-11-9-7-2/h8,10,14,16,20,22,25-26,41,43,48-49,53H,6-7,9,11-13,15,17-19,21,23-24,27-40,42,44-47H2,1-5H3,(H-,51,54,55,56)/b10-8-,16-14-,22-20-,26-25-,43-41+. The van der Waals surface area contributed by atoms with E-state index in [0.717, 1.165) is 77.0 Å². The smallest absolute Gasteiger partial charge is 0.268 e. The number of hydrogen-bond donors (Lipinski definition) is 2. The maximum atomic E-state index is 12.9. The van der Waals surface area contributed by atoms with Crippen molar-refractivity contribution in [3.8, 4) is 0 Å². The van der Waals surface area contributed by atoms with Crippen LogP contribution in [0.3, 0.4) is 0 Å². The number of hydrogen-bond acceptors (Lipinski definition) is 6. The Labute approximate surface area is 364 Å². The van der Waals surface area contributed by atoms with E-state index in [-0.39, 0.29) is 19.1 Å². The molecular formula is C50H93N2O6P. The molecule has 0 aliphatic heterocycles. The van der Waals surface area contributed by atoms with Gasteiger partial charge in [0, 0.05) is 6.42 Å². The van der Waals surface area contributed by atoms with Crippen molar-refractivity contribution in [1.29, 1.82) is 0 Å². The number of unbranched alkanes of at least 4 members (excludes halogenated alkanes) is 22. The summed E-state index contributed by atoms with van der Waals surface area (Å²) in [6, 6.07) is -0.893. The third kappa shape index (κ3) is 44.1. The molecule has 0 aliphatic carbocycles. The van der Waals surface area contributed by atoms with E-state index in [2.05, 4.69) is 67.8 Å². The third-order valence-electron chi connectivity index (χ3n) is 10.5. The second kappa shape index (κ2) is 41.5. The Bertz CT molecular complexity index is 1140. The van der Waals surface area contributed by atoms with E-state index in [9.17, 15) is 19.4 Å². The summed E-state index contributed by atoms with van der Waals surface area (Å²) in [4.78, 5) is 25.4. The lowest BCUT2D eigenvalue weighted by Gasteiger charge is -2.29. The molecule has 0 fully saturated rings. The molecule has 0 rings (SSSR count). The van der Waals surface area contributed by atoms with Crippen LogP contribution in [0.5, 0.6) is 0 Å². The number of amides is 1. The van der Waals surface area contributed by atoms with Gasteiger partial charge in [0.05, 0.1) is 39.9 Å². The van der Waals surface area contributed by atoms with Crippen LogP contribution in [0.1, 0.15) is 200 Å². The number of carbonyl (C=O) groups excluding carboxylic acids is 1. The average molecular weight is 849 g/mol. The average Bonchev–Trinajstić information content (AvgIpc) is 3.19. The number of aliphatic hydroxyl groups excluding tert-OH is 1. The molecule has 0 aliphatic rings. The molecule has 1 amide bonds. The van der Waals surface area contributed by atoms with Crippen LogP contribution in [0.15, 0.2) is 60.8 Å². The lowest BCUT2D eigenvalue weighted by Crippen LogP contribution is -2.45. The van der Waals surface area contributed by atoms with Crippen molar-refractivity contribution in [2.24, 2.45) is 0 Å². The van der Waals surface area contributed by atoms with E-state index in [0.29, 0.717) is 17.4 Å². The molecule has 2 N–H and O–H groups in total. The second-order valence-corrected chi connectivity index (χ2v) is 18.8. The Morgan fingerprint density at radius 3 is 1.51 bits per heavy atom. The summed E-state index contributed by atoms with van der Waals surface area (Å²) in [5, 5.41) is 13.8. The van der Waals surface area contributed by atoms with Crippen LogP contribution in [-0.4, -0.2) is 68.5 Å². The zero-order valence-corrected chi connectivity index (χ0v) is 39.8. The van der Waals surface area contributed by atoms with Crippen molar-refractivity contribution in [2.75, 3.05) is 40.9 Å². The molecule has 3 unspecified atom stereocenters. The summed E-state index contributed by atoms with van der Waals surface area (Å²) < 4.78 is 23.2. The highest BCUT2D eigenvalue weighted by molar-refractivity contribution is 7.45. The van der Waals surface area contributed by atoms with Gasteiger partial charge in [-0.1, -0.05) is 197 Å². The summed E-state index contributed by atoms with van der Waals surface area (Å²) >= 11 is 0. The zero-order chi connectivity index (χ0) is 43.6. The number of nitrogens with zero attached hydrogens (tertiary/aromatic N) is 1. The number of phosphoric acid groups is 1. The number of allylic oxidation sites excluding steroid dienone is 9. The summed E-state index contributed by atoms with van der Waals surface area (Å²) in [5.74, 6) is -0.208. The summed E-state index contributed by atoms with van der Waals surface area (Å²) in [6.45, 7) is 4.53. The number of nitrogens with one attached hydrogen (secondary N) is 1. The first-order valence-corrected chi connectivity index (χ1v) is 25.6. The minimum atomic E-state index is -4.59. The molecule has 59 heavy (non-hydrogen) atoms. The van der Waals surface area contributed by atoms with Crippen molar-refractivity contribution >= 4 is 13.7 Å². The normalized spacial score (nSPS) is 14.8. The molecule has 0 heterocycles. The number of likely N-dealkylation sites (N-methyl/N-ethyl adjacent to an activating group) is 1. The number of carbonyl (C=O) groups is 1. The van der Waals surface area contributed by atoms with Gasteiger partial charge >= 0.3 is 0 Å². The SMILES string of the molecule is CC/C=C\C/C=C\C/C=C\C/C=C\CCCCCCCCCCC(=O)NC(COP(=O)([O-])OCC[N+](C)(C)C)C(O)/C=C/CCCCCCCCCCCCCCCC. The van der Waals surface area contributed by atoms with Crippen molar-refractivity contribution in [3.05, 3.63) is 60.8 Å². The van der Waals surface area contributed by atoms with E-state index in [1.807, 2.05) is 27.2 Å². The molecule has 0 saturated carbocycles. The number of quaternary nitrogens is 1. The van der Waals surface area contributed by atoms with Crippen LogP contribution >= 0.6 is 7.82 Å². The van der Waals surface area contributed by atoms with Gasteiger partial charge in [0.1, 0.15) is 13.2 Å². The van der Waals surface area contributed by atoms with E-state index in [1.54, 1.807) is 6.08 Å². The quantitative estimate of drug-likeness (QED) is 0.0274. The van der Waals surface area contributed by atoms with Gasteiger partial charge < -0.3 is 28.8 Å². The molecule has 344 valence electrons. The monoisotopic (exact) mass is 849 g/mol. The van der Waals surface area contributed by atoms with Crippen LogP contribution in [0, 0.1) is 0 Å². The Morgan fingerprint density at radius 2 is 1.03 bits per heavy atom. The van der Waals surface area contributed by atoms with Crippen LogP contribution in [-0.2, 0) is 18.4 Å². The molecule has 0 bridgehead atoms. The molecular weight excluding hydrogens is 756 g/mol. The first-order valence-electron chi connectivity index (χ1n) is 24.2. The van der Waals surface area contributed by atoms with Gasteiger partial charge in [0.2, 0.25) is 5.91 Å².